The Morgan fingerprint density at radius 3 is 2.37 bits per heavy atom. The minimum absolute atomic E-state index is 0.0901. The molecule has 3 amide bonds. The first-order valence-corrected chi connectivity index (χ1v) is 11.1. The van der Waals surface area contributed by atoms with E-state index in [9.17, 15) is 23.2 Å². The van der Waals surface area contributed by atoms with Crippen LogP contribution >= 0.6 is 0 Å². The summed E-state index contributed by atoms with van der Waals surface area (Å²) < 4.78 is 35.0. The SMILES string of the molecule is COCCN1CCN(C(=O)N(C)c2c(F)cc(C#Cc3ccccc3)cc2F)C(C)(CC=O)C1=O. The Hall–Kier alpha value is -3.77. The molecule has 2 aromatic carbocycles. The molecule has 1 aliphatic rings. The predicted octanol–water partition coefficient (Wildman–Crippen LogP) is 3.06. The molecular weight excluding hydrogens is 456 g/mol. The van der Waals surface area contributed by atoms with Gasteiger partial charge in [0.2, 0.25) is 5.91 Å². The first kappa shape index (κ1) is 25.8. The summed E-state index contributed by atoms with van der Waals surface area (Å²) in [5.74, 6) is 3.17. The zero-order valence-corrected chi connectivity index (χ0v) is 19.9. The van der Waals surface area contributed by atoms with Gasteiger partial charge in [0.15, 0.2) is 11.6 Å². The molecule has 7 nitrogen and oxygen atoms in total. The summed E-state index contributed by atoms with van der Waals surface area (Å²) in [5.41, 5.74) is -1.26. The van der Waals surface area contributed by atoms with Gasteiger partial charge in [-0.3, -0.25) is 9.69 Å². The normalized spacial score (nSPS) is 17.6. The number of anilines is 1. The molecule has 0 spiro atoms. The van der Waals surface area contributed by atoms with E-state index >= 15 is 0 Å². The number of nitrogens with zero attached hydrogens (tertiary/aromatic N) is 3. The summed E-state index contributed by atoms with van der Waals surface area (Å²) in [4.78, 5) is 41.4. The van der Waals surface area contributed by atoms with E-state index in [2.05, 4.69) is 11.8 Å². The molecular formula is C26H27F2N3O4. The summed E-state index contributed by atoms with van der Waals surface area (Å²) in [6.07, 6.45) is 0.299. The third-order valence-corrected chi connectivity index (χ3v) is 5.98. The van der Waals surface area contributed by atoms with Gasteiger partial charge in [0.05, 0.1) is 6.61 Å². The molecule has 1 aliphatic heterocycles. The highest BCUT2D eigenvalue weighted by atomic mass is 19.1. The molecule has 184 valence electrons. The number of hydrogen-bond donors (Lipinski definition) is 0. The Morgan fingerprint density at radius 2 is 1.77 bits per heavy atom. The summed E-state index contributed by atoms with van der Waals surface area (Å²) in [6, 6.07) is 10.3. The number of amides is 3. The molecule has 1 fully saturated rings. The average Bonchev–Trinajstić information content (AvgIpc) is 2.83. The zero-order valence-electron chi connectivity index (χ0n) is 19.9. The maximum Gasteiger partial charge on any atom is 0.325 e. The number of halogens is 2. The average molecular weight is 484 g/mol. The van der Waals surface area contributed by atoms with Crippen molar-refractivity contribution in [2.75, 3.05) is 45.3 Å². The summed E-state index contributed by atoms with van der Waals surface area (Å²) >= 11 is 0. The van der Waals surface area contributed by atoms with Crippen LogP contribution in [0.3, 0.4) is 0 Å². The Labute approximate surface area is 203 Å². The fourth-order valence-electron chi connectivity index (χ4n) is 4.01. The molecule has 3 rings (SSSR count). The fourth-order valence-corrected chi connectivity index (χ4v) is 4.01. The zero-order chi connectivity index (χ0) is 25.6. The monoisotopic (exact) mass is 483 g/mol. The molecule has 1 atom stereocenters. The molecule has 1 saturated heterocycles. The van der Waals surface area contributed by atoms with Crippen molar-refractivity contribution in [3.8, 4) is 11.8 Å². The van der Waals surface area contributed by atoms with Crippen LogP contribution in [0.2, 0.25) is 0 Å². The number of piperazine rings is 1. The van der Waals surface area contributed by atoms with Crippen molar-refractivity contribution in [1.29, 1.82) is 0 Å². The van der Waals surface area contributed by atoms with Gasteiger partial charge in [-0.2, -0.15) is 0 Å². The number of aldehydes is 1. The quantitative estimate of drug-likeness (QED) is 0.468. The minimum atomic E-state index is -1.49. The van der Waals surface area contributed by atoms with E-state index in [1.54, 1.807) is 24.3 Å². The van der Waals surface area contributed by atoms with E-state index < -0.39 is 34.8 Å². The second kappa shape index (κ2) is 11.1. The lowest BCUT2D eigenvalue weighted by molar-refractivity contribution is -0.149. The van der Waals surface area contributed by atoms with E-state index in [1.165, 1.54) is 30.9 Å². The van der Waals surface area contributed by atoms with Crippen LogP contribution in [0.1, 0.15) is 24.5 Å². The second-order valence-corrected chi connectivity index (χ2v) is 8.33. The van der Waals surface area contributed by atoms with Crippen molar-refractivity contribution >= 4 is 23.9 Å². The Bertz CT molecular complexity index is 1140. The molecule has 0 aromatic heterocycles. The number of carbonyl (C=O) groups excluding carboxylic acids is 3. The number of carbonyl (C=O) groups is 3. The standard InChI is InChI=1S/C26H27F2N3O4/c1-26(11-15-32)24(33)30(14-16-35-3)12-13-31(26)25(34)29(2)23-21(27)17-20(18-22(23)28)10-9-19-7-5-4-6-8-19/h4-8,15,17-18H,11-14,16H2,1-3H3. The molecule has 0 aliphatic carbocycles. The van der Waals surface area contributed by atoms with E-state index in [1.807, 2.05) is 6.07 Å². The molecule has 1 unspecified atom stereocenters. The van der Waals surface area contributed by atoms with Gasteiger partial charge in [-0.1, -0.05) is 30.0 Å². The highest BCUT2D eigenvalue weighted by Gasteiger charge is 2.48. The van der Waals surface area contributed by atoms with Gasteiger partial charge < -0.3 is 19.3 Å². The van der Waals surface area contributed by atoms with Crippen molar-refractivity contribution in [2.45, 2.75) is 18.9 Å². The van der Waals surface area contributed by atoms with Crippen LogP contribution in [0.25, 0.3) is 0 Å². The van der Waals surface area contributed by atoms with E-state index in [0.29, 0.717) is 25.0 Å². The molecule has 0 bridgehead atoms. The topological polar surface area (TPSA) is 70.2 Å². The van der Waals surface area contributed by atoms with E-state index in [4.69, 9.17) is 4.74 Å². The number of hydrogen-bond acceptors (Lipinski definition) is 4. The first-order chi connectivity index (χ1) is 16.7. The Kier molecular flexibility index (Phi) is 8.20. The molecule has 1 heterocycles. The maximum absolute atomic E-state index is 15.0. The minimum Gasteiger partial charge on any atom is -0.383 e. The predicted molar refractivity (Wildman–Crippen MR) is 127 cm³/mol. The van der Waals surface area contributed by atoms with Crippen LogP contribution in [0.15, 0.2) is 42.5 Å². The van der Waals surface area contributed by atoms with Gasteiger partial charge in [-0.25, -0.2) is 13.6 Å². The largest absolute Gasteiger partial charge is 0.383 e. The van der Waals surface area contributed by atoms with Crippen molar-refractivity contribution < 1.29 is 27.9 Å². The highest BCUT2D eigenvalue weighted by Crippen LogP contribution is 2.30. The van der Waals surface area contributed by atoms with Gasteiger partial charge in [0.1, 0.15) is 17.5 Å². The molecule has 0 N–H and O–H groups in total. The second-order valence-electron chi connectivity index (χ2n) is 8.33. The third kappa shape index (κ3) is 5.49. The summed E-state index contributed by atoms with van der Waals surface area (Å²) in [7, 11) is 2.73. The van der Waals surface area contributed by atoms with E-state index in [0.717, 1.165) is 17.0 Å². The number of ether oxygens (including phenoxy) is 1. The van der Waals surface area contributed by atoms with Crippen LogP contribution in [-0.2, 0) is 14.3 Å². The summed E-state index contributed by atoms with van der Waals surface area (Å²) in [6.45, 7) is 2.37. The number of urea groups is 1. The molecule has 35 heavy (non-hydrogen) atoms. The molecule has 2 aromatic rings. The smallest absolute Gasteiger partial charge is 0.325 e. The van der Waals surface area contributed by atoms with Crippen LogP contribution in [0.5, 0.6) is 0 Å². The van der Waals surface area contributed by atoms with Crippen LogP contribution in [0.4, 0.5) is 19.3 Å². The van der Waals surface area contributed by atoms with Gasteiger partial charge in [0, 0.05) is 51.3 Å². The molecule has 0 saturated carbocycles. The van der Waals surface area contributed by atoms with Crippen molar-refractivity contribution in [3.63, 3.8) is 0 Å². The fraction of sp³-hybridized carbons (Fsp3) is 0.346. The highest BCUT2D eigenvalue weighted by molar-refractivity contribution is 5.99. The van der Waals surface area contributed by atoms with Crippen LogP contribution in [-0.4, -0.2) is 74.0 Å². The van der Waals surface area contributed by atoms with Gasteiger partial charge in [-0.15, -0.1) is 0 Å². The van der Waals surface area contributed by atoms with Gasteiger partial charge >= 0.3 is 6.03 Å². The molecule has 0 radical (unpaired) electrons. The summed E-state index contributed by atoms with van der Waals surface area (Å²) in [5, 5.41) is 0. The first-order valence-electron chi connectivity index (χ1n) is 11.1. The van der Waals surface area contributed by atoms with Crippen molar-refractivity contribution in [3.05, 3.63) is 65.2 Å². The lowest BCUT2D eigenvalue weighted by Gasteiger charge is -2.47. The maximum atomic E-state index is 15.0. The van der Waals surface area contributed by atoms with Crippen LogP contribution in [0, 0.1) is 23.5 Å². The van der Waals surface area contributed by atoms with Gasteiger partial charge in [0.25, 0.3) is 0 Å². The van der Waals surface area contributed by atoms with Crippen LogP contribution < -0.4 is 4.90 Å². The lowest BCUT2D eigenvalue weighted by Crippen LogP contribution is -2.68. The molecule has 9 heteroatoms. The Morgan fingerprint density at radius 1 is 1.14 bits per heavy atom. The number of rotatable bonds is 6. The van der Waals surface area contributed by atoms with Crippen molar-refractivity contribution in [1.82, 2.24) is 9.80 Å². The van der Waals surface area contributed by atoms with E-state index in [-0.39, 0.29) is 25.1 Å². The third-order valence-electron chi connectivity index (χ3n) is 5.98. The van der Waals surface area contributed by atoms with Gasteiger partial charge in [-0.05, 0) is 31.2 Å². The number of methoxy groups -OCH3 is 1. The number of benzene rings is 2. The van der Waals surface area contributed by atoms with Crippen molar-refractivity contribution in [2.24, 2.45) is 0 Å². The lowest BCUT2D eigenvalue weighted by atomic mass is 9.91. The Balaban J connectivity index is 1.87.